The van der Waals surface area contributed by atoms with Crippen LogP contribution in [0.3, 0.4) is 0 Å². The van der Waals surface area contributed by atoms with Crippen molar-refractivity contribution in [3.05, 3.63) is 33.8 Å². The van der Waals surface area contributed by atoms with Crippen molar-refractivity contribution in [1.82, 2.24) is 0 Å². The van der Waals surface area contributed by atoms with Crippen LogP contribution in [0.25, 0.3) is 0 Å². The Balaban J connectivity index is 3.04. The number of rotatable bonds is 4. The summed E-state index contributed by atoms with van der Waals surface area (Å²) in [7, 11) is 3.10. The van der Waals surface area contributed by atoms with E-state index < -0.39 is 6.29 Å². The van der Waals surface area contributed by atoms with Crippen LogP contribution in [0.1, 0.15) is 22.2 Å². The number of halogens is 1. The van der Waals surface area contributed by atoms with E-state index in [1.807, 2.05) is 6.07 Å². The molecule has 0 saturated heterocycles. The van der Waals surface area contributed by atoms with Gasteiger partial charge in [-0.05, 0) is 12.1 Å². The maximum absolute atomic E-state index is 10.7. The first-order valence-corrected chi connectivity index (χ1v) is 4.82. The van der Waals surface area contributed by atoms with Crippen molar-refractivity contribution >= 4 is 22.2 Å². The van der Waals surface area contributed by atoms with Gasteiger partial charge in [0, 0.05) is 29.8 Å². The number of ether oxygens (including phenoxy) is 2. The van der Waals surface area contributed by atoms with E-state index in [4.69, 9.17) is 9.47 Å². The second kappa shape index (κ2) is 5.24. The lowest BCUT2D eigenvalue weighted by Crippen LogP contribution is -2.04. The molecule has 0 fully saturated rings. The van der Waals surface area contributed by atoms with Gasteiger partial charge in [-0.3, -0.25) is 4.79 Å². The van der Waals surface area contributed by atoms with Gasteiger partial charge in [-0.25, -0.2) is 0 Å². The summed E-state index contributed by atoms with van der Waals surface area (Å²) in [6.07, 6.45) is 0.359. The van der Waals surface area contributed by atoms with Crippen LogP contribution in [0.2, 0.25) is 0 Å². The van der Waals surface area contributed by atoms with Crippen LogP contribution in [0.4, 0.5) is 0 Å². The van der Waals surface area contributed by atoms with E-state index in [1.54, 1.807) is 26.4 Å². The maximum atomic E-state index is 10.7. The van der Waals surface area contributed by atoms with Gasteiger partial charge in [0.2, 0.25) is 0 Å². The lowest BCUT2D eigenvalue weighted by Gasteiger charge is -2.14. The fraction of sp³-hybridized carbons (Fsp3) is 0.300. The smallest absolute Gasteiger partial charge is 0.183 e. The molecule has 0 aliphatic carbocycles. The molecule has 1 aromatic rings. The highest BCUT2D eigenvalue weighted by Gasteiger charge is 2.10. The molecule has 0 atom stereocenters. The summed E-state index contributed by atoms with van der Waals surface area (Å²) in [5.41, 5.74) is 1.40. The third-order valence-electron chi connectivity index (χ3n) is 1.85. The minimum atomic E-state index is -0.429. The molecule has 0 unspecified atom stereocenters. The van der Waals surface area contributed by atoms with E-state index in [1.165, 1.54) is 0 Å². The summed E-state index contributed by atoms with van der Waals surface area (Å²) < 4.78 is 10.9. The molecule has 0 aliphatic rings. The Hall–Kier alpha value is -0.710. The predicted octanol–water partition coefficient (Wildman–Crippen LogP) is 2.55. The molecule has 0 heterocycles. The molecule has 0 aromatic heterocycles. The fourth-order valence-corrected chi connectivity index (χ4v) is 1.51. The Kier molecular flexibility index (Phi) is 4.25. The second-order valence-corrected chi connectivity index (χ2v) is 3.56. The molecule has 0 spiro atoms. The van der Waals surface area contributed by atoms with Crippen LogP contribution in [0.15, 0.2) is 22.7 Å². The highest BCUT2D eigenvalue weighted by atomic mass is 79.9. The van der Waals surface area contributed by atoms with Crippen LogP contribution in [-0.2, 0) is 9.47 Å². The first-order valence-electron chi connectivity index (χ1n) is 4.03. The van der Waals surface area contributed by atoms with Gasteiger partial charge < -0.3 is 9.47 Å². The average Bonchev–Trinajstić information content (AvgIpc) is 2.22. The van der Waals surface area contributed by atoms with Gasteiger partial charge in [-0.15, -0.1) is 0 Å². The lowest BCUT2D eigenvalue weighted by atomic mass is 10.1. The Bertz CT molecular complexity index is 321. The van der Waals surface area contributed by atoms with Gasteiger partial charge in [0.15, 0.2) is 12.6 Å². The first-order chi connectivity index (χ1) is 6.72. The number of carbonyl (C=O) groups excluding carboxylic acids is 1. The van der Waals surface area contributed by atoms with E-state index in [-0.39, 0.29) is 0 Å². The molecule has 3 nitrogen and oxygen atoms in total. The van der Waals surface area contributed by atoms with Crippen LogP contribution in [0.5, 0.6) is 0 Å². The third kappa shape index (κ3) is 2.41. The van der Waals surface area contributed by atoms with E-state index in [2.05, 4.69) is 15.9 Å². The summed E-state index contributed by atoms with van der Waals surface area (Å²) in [6, 6.07) is 5.37. The first kappa shape index (κ1) is 11.4. The summed E-state index contributed by atoms with van der Waals surface area (Å²) in [5.74, 6) is 0. The molecule has 4 heteroatoms. The SMILES string of the molecule is COC(OC)c1ccc(Br)c(C=O)c1. The third-order valence-corrected chi connectivity index (χ3v) is 2.57. The maximum Gasteiger partial charge on any atom is 0.183 e. The second-order valence-electron chi connectivity index (χ2n) is 2.70. The molecule has 1 aromatic carbocycles. The van der Waals surface area contributed by atoms with Crippen molar-refractivity contribution < 1.29 is 14.3 Å². The summed E-state index contributed by atoms with van der Waals surface area (Å²) >= 11 is 3.27. The van der Waals surface area contributed by atoms with Crippen LogP contribution in [-0.4, -0.2) is 20.5 Å². The van der Waals surface area contributed by atoms with E-state index >= 15 is 0 Å². The van der Waals surface area contributed by atoms with Crippen molar-refractivity contribution in [3.8, 4) is 0 Å². The van der Waals surface area contributed by atoms with Crippen LogP contribution >= 0.6 is 15.9 Å². The largest absolute Gasteiger partial charge is 0.352 e. The Morgan fingerprint density at radius 2 is 2.00 bits per heavy atom. The Morgan fingerprint density at radius 3 is 2.50 bits per heavy atom. The van der Waals surface area contributed by atoms with Crippen LogP contribution < -0.4 is 0 Å². The monoisotopic (exact) mass is 258 g/mol. The molecule has 0 N–H and O–H groups in total. The minimum absolute atomic E-state index is 0.429. The van der Waals surface area contributed by atoms with E-state index in [0.717, 1.165) is 16.3 Å². The zero-order valence-corrected chi connectivity index (χ0v) is 9.58. The molecule has 0 radical (unpaired) electrons. The van der Waals surface area contributed by atoms with Gasteiger partial charge in [0.25, 0.3) is 0 Å². The fourth-order valence-electron chi connectivity index (χ4n) is 1.17. The van der Waals surface area contributed by atoms with Crippen molar-refractivity contribution in [1.29, 1.82) is 0 Å². The Labute approximate surface area is 91.1 Å². The zero-order chi connectivity index (χ0) is 10.6. The standard InChI is InChI=1S/C10H11BrO3/c1-13-10(14-2)7-3-4-9(11)8(5-7)6-12/h3-6,10H,1-2H3. The summed E-state index contributed by atoms with van der Waals surface area (Å²) in [5, 5.41) is 0. The number of benzene rings is 1. The quantitative estimate of drug-likeness (QED) is 0.615. The van der Waals surface area contributed by atoms with Gasteiger partial charge >= 0.3 is 0 Å². The summed E-state index contributed by atoms with van der Waals surface area (Å²) in [4.78, 5) is 10.7. The zero-order valence-electron chi connectivity index (χ0n) is 7.99. The number of carbonyl (C=O) groups is 1. The molecule has 14 heavy (non-hydrogen) atoms. The minimum Gasteiger partial charge on any atom is -0.352 e. The van der Waals surface area contributed by atoms with Gasteiger partial charge in [0.1, 0.15) is 0 Å². The number of hydrogen-bond donors (Lipinski definition) is 0. The Morgan fingerprint density at radius 1 is 1.36 bits per heavy atom. The van der Waals surface area contributed by atoms with Gasteiger partial charge in [-0.1, -0.05) is 22.0 Å². The molecule has 0 bridgehead atoms. The predicted molar refractivity (Wildman–Crippen MR) is 56.3 cm³/mol. The number of methoxy groups -OCH3 is 2. The molecule has 1 rings (SSSR count). The highest BCUT2D eigenvalue weighted by Crippen LogP contribution is 2.22. The normalized spacial score (nSPS) is 10.6. The van der Waals surface area contributed by atoms with E-state index in [0.29, 0.717) is 5.56 Å². The molecular weight excluding hydrogens is 248 g/mol. The molecular formula is C10H11BrO3. The van der Waals surface area contributed by atoms with E-state index in [9.17, 15) is 4.79 Å². The number of hydrogen-bond acceptors (Lipinski definition) is 3. The molecule has 0 amide bonds. The van der Waals surface area contributed by atoms with Crippen LogP contribution in [0, 0.1) is 0 Å². The molecule has 0 saturated carbocycles. The van der Waals surface area contributed by atoms with Crippen molar-refractivity contribution in [2.75, 3.05) is 14.2 Å². The number of aldehydes is 1. The topological polar surface area (TPSA) is 35.5 Å². The van der Waals surface area contributed by atoms with Crippen molar-refractivity contribution in [2.45, 2.75) is 6.29 Å². The average molecular weight is 259 g/mol. The molecule has 76 valence electrons. The highest BCUT2D eigenvalue weighted by molar-refractivity contribution is 9.10. The lowest BCUT2D eigenvalue weighted by molar-refractivity contribution is -0.106. The molecule has 0 aliphatic heterocycles. The van der Waals surface area contributed by atoms with Crippen molar-refractivity contribution in [2.24, 2.45) is 0 Å². The van der Waals surface area contributed by atoms with Crippen molar-refractivity contribution in [3.63, 3.8) is 0 Å². The van der Waals surface area contributed by atoms with Gasteiger partial charge in [-0.2, -0.15) is 0 Å². The van der Waals surface area contributed by atoms with Gasteiger partial charge in [0.05, 0.1) is 0 Å². The summed E-state index contributed by atoms with van der Waals surface area (Å²) in [6.45, 7) is 0.